The molecule has 0 bridgehead atoms. The summed E-state index contributed by atoms with van der Waals surface area (Å²) in [4.78, 5) is 19.1. The van der Waals surface area contributed by atoms with E-state index in [1.807, 2.05) is 17.0 Å². The molecule has 1 aromatic carbocycles. The summed E-state index contributed by atoms with van der Waals surface area (Å²) in [5.74, 6) is 1.12. The van der Waals surface area contributed by atoms with Gasteiger partial charge in [0.1, 0.15) is 18.1 Å². The first-order chi connectivity index (χ1) is 12.2. The van der Waals surface area contributed by atoms with Crippen molar-refractivity contribution in [3.05, 3.63) is 53.9 Å². The molecule has 0 unspecified atom stereocenters. The lowest BCUT2D eigenvalue weighted by molar-refractivity contribution is 0.0725. The minimum atomic E-state index is -0.0333. The van der Waals surface area contributed by atoms with Crippen molar-refractivity contribution < 1.29 is 14.3 Å². The molecule has 1 fully saturated rings. The van der Waals surface area contributed by atoms with E-state index < -0.39 is 0 Å². The number of pyridine rings is 1. The van der Waals surface area contributed by atoms with Crippen LogP contribution in [0.15, 0.2) is 42.7 Å². The minimum Gasteiger partial charge on any atom is -0.497 e. The Balaban J connectivity index is 1.86. The van der Waals surface area contributed by atoms with Crippen molar-refractivity contribution in [1.29, 1.82) is 0 Å². The fourth-order valence-corrected chi connectivity index (χ4v) is 2.69. The van der Waals surface area contributed by atoms with Gasteiger partial charge in [-0.1, -0.05) is 0 Å². The Kier molecular flexibility index (Phi) is 5.50. The molecule has 1 saturated carbocycles. The average molecular weight is 341 g/mol. The molecule has 0 saturated heterocycles. The lowest BCUT2D eigenvalue weighted by Crippen LogP contribution is -2.33. The Hall–Kier alpha value is -2.60. The fraction of sp³-hybridized carbons (Fsp3) is 0.368. The van der Waals surface area contributed by atoms with Crippen LogP contribution in [0.4, 0.5) is 0 Å². The summed E-state index contributed by atoms with van der Waals surface area (Å²) in [6.45, 7) is 1.30. The summed E-state index contributed by atoms with van der Waals surface area (Å²) in [5.41, 5.74) is 7.14. The third kappa shape index (κ3) is 4.28. The number of nitrogens with zero attached hydrogens (tertiary/aromatic N) is 2. The highest BCUT2D eigenvalue weighted by atomic mass is 16.5. The van der Waals surface area contributed by atoms with Crippen molar-refractivity contribution in [2.75, 3.05) is 20.3 Å². The number of nitrogens with two attached hydrogens (primary N) is 1. The number of ether oxygens (including phenoxy) is 2. The molecule has 132 valence electrons. The van der Waals surface area contributed by atoms with Crippen LogP contribution < -0.4 is 15.2 Å². The largest absolute Gasteiger partial charge is 0.497 e. The third-order valence-corrected chi connectivity index (χ3v) is 4.15. The topological polar surface area (TPSA) is 77.7 Å². The van der Waals surface area contributed by atoms with Crippen LogP contribution in [-0.2, 0) is 6.54 Å². The molecular formula is C19H23N3O3. The van der Waals surface area contributed by atoms with E-state index in [0.717, 1.165) is 18.4 Å². The number of benzene rings is 1. The van der Waals surface area contributed by atoms with E-state index in [1.165, 1.54) is 0 Å². The van der Waals surface area contributed by atoms with Gasteiger partial charge >= 0.3 is 0 Å². The summed E-state index contributed by atoms with van der Waals surface area (Å²) in [7, 11) is 1.59. The van der Waals surface area contributed by atoms with Crippen molar-refractivity contribution in [2.24, 2.45) is 5.73 Å². The van der Waals surface area contributed by atoms with Crippen molar-refractivity contribution in [1.82, 2.24) is 9.88 Å². The Morgan fingerprint density at radius 2 is 2.04 bits per heavy atom. The number of rotatable bonds is 8. The molecule has 25 heavy (non-hydrogen) atoms. The summed E-state index contributed by atoms with van der Waals surface area (Å²) in [6.07, 6.45) is 5.56. The van der Waals surface area contributed by atoms with Gasteiger partial charge in [0, 0.05) is 37.6 Å². The fourth-order valence-electron chi connectivity index (χ4n) is 2.69. The molecule has 6 heteroatoms. The highest BCUT2D eigenvalue weighted by molar-refractivity contribution is 5.97. The first-order valence-corrected chi connectivity index (χ1v) is 8.43. The Bertz CT molecular complexity index is 717. The number of carbonyl (C=O) groups is 1. The van der Waals surface area contributed by atoms with Gasteiger partial charge < -0.3 is 20.1 Å². The van der Waals surface area contributed by atoms with E-state index in [4.69, 9.17) is 15.2 Å². The minimum absolute atomic E-state index is 0.0333. The van der Waals surface area contributed by atoms with E-state index in [-0.39, 0.29) is 11.9 Å². The second-order valence-corrected chi connectivity index (χ2v) is 6.02. The molecule has 2 N–H and O–H groups in total. The molecule has 2 aromatic rings. The van der Waals surface area contributed by atoms with Crippen LogP contribution in [0.1, 0.15) is 28.8 Å². The summed E-state index contributed by atoms with van der Waals surface area (Å²) >= 11 is 0. The van der Waals surface area contributed by atoms with Crippen LogP contribution in [0.3, 0.4) is 0 Å². The monoisotopic (exact) mass is 341 g/mol. The second-order valence-electron chi connectivity index (χ2n) is 6.02. The first-order valence-electron chi connectivity index (χ1n) is 8.43. The van der Waals surface area contributed by atoms with Crippen molar-refractivity contribution >= 4 is 5.91 Å². The normalized spacial score (nSPS) is 13.4. The van der Waals surface area contributed by atoms with Crippen LogP contribution >= 0.6 is 0 Å². The molecule has 1 aliphatic rings. The molecule has 0 spiro atoms. The standard InChI is InChI=1S/C19H23N3O3/c1-24-16-4-5-17(18(12-16)25-11-8-20)19(23)22(15-2-3-15)13-14-6-9-21-10-7-14/h4-7,9-10,12,15H,2-3,8,11,13,20H2,1H3. The molecule has 1 amide bonds. The summed E-state index contributed by atoms with van der Waals surface area (Å²) in [6, 6.07) is 9.42. The number of hydrogen-bond acceptors (Lipinski definition) is 5. The summed E-state index contributed by atoms with van der Waals surface area (Å²) < 4.78 is 10.9. The predicted octanol–water partition coefficient (Wildman–Crippen LogP) is 2.23. The Morgan fingerprint density at radius 3 is 2.68 bits per heavy atom. The predicted molar refractivity (Wildman–Crippen MR) is 94.7 cm³/mol. The SMILES string of the molecule is COc1ccc(C(=O)N(Cc2ccncc2)C2CC2)c(OCCN)c1. The maximum atomic E-state index is 13.2. The Morgan fingerprint density at radius 1 is 1.28 bits per heavy atom. The number of methoxy groups -OCH3 is 1. The van der Waals surface area contributed by atoms with Crippen LogP contribution in [0, 0.1) is 0 Å². The maximum Gasteiger partial charge on any atom is 0.258 e. The maximum absolute atomic E-state index is 13.2. The average Bonchev–Trinajstić information content (AvgIpc) is 3.49. The first kappa shape index (κ1) is 17.2. The lowest BCUT2D eigenvalue weighted by atomic mass is 10.1. The number of amides is 1. The zero-order valence-corrected chi connectivity index (χ0v) is 14.4. The molecule has 0 radical (unpaired) electrons. The van der Waals surface area contributed by atoms with Gasteiger partial charge in [0.2, 0.25) is 0 Å². The molecule has 1 aliphatic carbocycles. The van der Waals surface area contributed by atoms with Gasteiger partial charge in [-0.25, -0.2) is 0 Å². The van der Waals surface area contributed by atoms with Gasteiger partial charge in [-0.2, -0.15) is 0 Å². The van der Waals surface area contributed by atoms with Gasteiger partial charge in [0.15, 0.2) is 0 Å². The molecule has 0 atom stereocenters. The second kappa shape index (κ2) is 7.98. The highest BCUT2D eigenvalue weighted by Crippen LogP contribution is 2.33. The highest BCUT2D eigenvalue weighted by Gasteiger charge is 2.34. The zero-order chi connectivity index (χ0) is 17.6. The molecule has 1 aromatic heterocycles. The van der Waals surface area contributed by atoms with E-state index in [1.54, 1.807) is 37.7 Å². The van der Waals surface area contributed by atoms with Gasteiger partial charge in [0.25, 0.3) is 5.91 Å². The van der Waals surface area contributed by atoms with Crippen molar-refractivity contribution in [2.45, 2.75) is 25.4 Å². The van der Waals surface area contributed by atoms with Gasteiger partial charge in [-0.3, -0.25) is 9.78 Å². The van der Waals surface area contributed by atoms with E-state index in [9.17, 15) is 4.79 Å². The molecule has 3 rings (SSSR count). The number of hydrogen-bond donors (Lipinski definition) is 1. The third-order valence-electron chi connectivity index (χ3n) is 4.15. The van der Waals surface area contributed by atoms with Crippen LogP contribution in [0.5, 0.6) is 11.5 Å². The number of carbonyl (C=O) groups excluding carboxylic acids is 1. The van der Waals surface area contributed by atoms with Gasteiger partial charge in [0.05, 0.1) is 12.7 Å². The lowest BCUT2D eigenvalue weighted by Gasteiger charge is -2.24. The Labute approximate surface area is 147 Å². The molecule has 0 aliphatic heterocycles. The van der Waals surface area contributed by atoms with Crippen molar-refractivity contribution in [3.63, 3.8) is 0 Å². The smallest absolute Gasteiger partial charge is 0.258 e. The zero-order valence-electron chi connectivity index (χ0n) is 14.4. The van der Waals surface area contributed by atoms with Crippen LogP contribution in [0.25, 0.3) is 0 Å². The van der Waals surface area contributed by atoms with Crippen LogP contribution in [-0.4, -0.2) is 42.1 Å². The van der Waals surface area contributed by atoms with Gasteiger partial charge in [-0.15, -0.1) is 0 Å². The van der Waals surface area contributed by atoms with E-state index in [2.05, 4.69) is 4.98 Å². The molecule has 6 nitrogen and oxygen atoms in total. The quantitative estimate of drug-likeness (QED) is 0.797. The molecule has 1 heterocycles. The molecular weight excluding hydrogens is 318 g/mol. The van der Waals surface area contributed by atoms with Crippen molar-refractivity contribution in [3.8, 4) is 11.5 Å². The van der Waals surface area contributed by atoms with E-state index in [0.29, 0.717) is 36.8 Å². The van der Waals surface area contributed by atoms with E-state index >= 15 is 0 Å². The van der Waals surface area contributed by atoms with Crippen LogP contribution in [0.2, 0.25) is 0 Å². The van der Waals surface area contributed by atoms with Gasteiger partial charge in [-0.05, 0) is 42.7 Å². The number of aromatic nitrogens is 1. The summed E-state index contributed by atoms with van der Waals surface area (Å²) in [5, 5.41) is 0.